The Balaban J connectivity index is 1.93. The summed E-state index contributed by atoms with van der Waals surface area (Å²) in [6, 6.07) is 1.57. The van der Waals surface area contributed by atoms with Crippen LogP contribution in [0, 0.1) is 5.92 Å². The van der Waals surface area contributed by atoms with Gasteiger partial charge in [0, 0.05) is 49.6 Å². The molecular formula is C17H27N3O3. The minimum Gasteiger partial charge on any atom is -0.491 e. The zero-order valence-electron chi connectivity index (χ0n) is 14.7. The minimum atomic E-state index is -0.121. The van der Waals surface area contributed by atoms with Gasteiger partial charge in [-0.1, -0.05) is 0 Å². The van der Waals surface area contributed by atoms with Crippen LogP contribution >= 0.6 is 0 Å². The quantitative estimate of drug-likeness (QED) is 0.892. The van der Waals surface area contributed by atoms with Gasteiger partial charge in [0.15, 0.2) is 5.75 Å². The minimum absolute atomic E-state index is 0.119. The van der Waals surface area contributed by atoms with Crippen LogP contribution in [0.1, 0.15) is 32.9 Å². The Morgan fingerprint density at radius 3 is 2.61 bits per heavy atom. The maximum absolute atomic E-state index is 12.1. The van der Waals surface area contributed by atoms with Crippen LogP contribution in [0.15, 0.2) is 17.1 Å². The van der Waals surface area contributed by atoms with Crippen LogP contribution in [-0.2, 0) is 11.3 Å². The number of methoxy groups -OCH3 is 1. The van der Waals surface area contributed by atoms with E-state index >= 15 is 0 Å². The summed E-state index contributed by atoms with van der Waals surface area (Å²) in [6.45, 7) is 8.47. The van der Waals surface area contributed by atoms with Crippen molar-refractivity contribution in [1.82, 2.24) is 14.8 Å². The summed E-state index contributed by atoms with van der Waals surface area (Å²) in [5.41, 5.74) is 0.603. The van der Waals surface area contributed by atoms with Crippen LogP contribution in [0.25, 0.3) is 0 Å². The van der Waals surface area contributed by atoms with E-state index in [1.54, 1.807) is 12.3 Å². The van der Waals surface area contributed by atoms with Gasteiger partial charge in [-0.3, -0.25) is 9.59 Å². The van der Waals surface area contributed by atoms with E-state index in [-0.39, 0.29) is 16.9 Å². The van der Waals surface area contributed by atoms with Crippen molar-refractivity contribution in [1.29, 1.82) is 0 Å². The fraction of sp³-hybridized carbons (Fsp3) is 0.647. The van der Waals surface area contributed by atoms with E-state index in [0.717, 1.165) is 18.8 Å². The van der Waals surface area contributed by atoms with Gasteiger partial charge in [-0.2, -0.15) is 0 Å². The molecule has 2 heterocycles. The first kappa shape index (κ1) is 17.5. The summed E-state index contributed by atoms with van der Waals surface area (Å²) in [7, 11) is 3.49. The summed E-state index contributed by atoms with van der Waals surface area (Å²) in [5, 5.41) is 0. The standard InChI is InChI=1S/C17H27N3O3/c1-17(2,3)20-10-12(6-16(20)22)9-19(4)11-13-7-14(21)15(23-5)8-18-13/h7-8,12H,6,9-11H2,1-5H3,(H,18,21)/t12-/m1/s1. The molecule has 0 radical (unpaired) electrons. The van der Waals surface area contributed by atoms with Crippen molar-refractivity contribution in [2.75, 3.05) is 27.2 Å². The largest absolute Gasteiger partial charge is 0.491 e. The average molecular weight is 321 g/mol. The number of aromatic nitrogens is 1. The smallest absolute Gasteiger partial charge is 0.223 e. The van der Waals surface area contributed by atoms with Crippen LogP contribution in [0.2, 0.25) is 0 Å². The van der Waals surface area contributed by atoms with Crippen molar-refractivity contribution < 1.29 is 9.53 Å². The van der Waals surface area contributed by atoms with Gasteiger partial charge in [0.05, 0.1) is 7.11 Å². The summed E-state index contributed by atoms with van der Waals surface area (Å²) >= 11 is 0. The van der Waals surface area contributed by atoms with Gasteiger partial charge in [0.25, 0.3) is 0 Å². The Kier molecular flexibility index (Phi) is 5.14. The van der Waals surface area contributed by atoms with Crippen molar-refractivity contribution in [3.63, 3.8) is 0 Å². The van der Waals surface area contributed by atoms with Gasteiger partial charge in [0.1, 0.15) is 0 Å². The molecular weight excluding hydrogens is 294 g/mol. The third kappa shape index (κ3) is 4.34. The van der Waals surface area contributed by atoms with Crippen LogP contribution in [0.4, 0.5) is 0 Å². The monoisotopic (exact) mass is 321 g/mol. The number of nitrogens with zero attached hydrogens (tertiary/aromatic N) is 2. The predicted molar refractivity (Wildman–Crippen MR) is 89.5 cm³/mol. The normalized spacial score (nSPS) is 18.8. The molecule has 6 nitrogen and oxygen atoms in total. The van der Waals surface area contributed by atoms with Crippen molar-refractivity contribution in [2.45, 2.75) is 39.3 Å². The van der Waals surface area contributed by atoms with Crippen LogP contribution < -0.4 is 10.2 Å². The molecule has 1 aromatic rings. The Hall–Kier alpha value is -1.82. The summed E-state index contributed by atoms with van der Waals surface area (Å²) in [6.07, 6.45) is 2.19. The zero-order valence-corrected chi connectivity index (χ0v) is 14.7. The van der Waals surface area contributed by atoms with Crippen molar-refractivity contribution in [3.05, 3.63) is 28.2 Å². The highest BCUT2D eigenvalue weighted by Gasteiger charge is 2.36. The maximum atomic E-state index is 12.1. The number of likely N-dealkylation sites (tertiary alicyclic amines) is 1. The lowest BCUT2D eigenvalue weighted by Gasteiger charge is -2.32. The van der Waals surface area contributed by atoms with Gasteiger partial charge in [-0.15, -0.1) is 0 Å². The molecule has 0 aliphatic carbocycles. The molecule has 1 fully saturated rings. The average Bonchev–Trinajstić information content (AvgIpc) is 2.79. The lowest BCUT2D eigenvalue weighted by molar-refractivity contribution is -0.131. The third-order valence-corrected chi connectivity index (χ3v) is 4.18. The zero-order chi connectivity index (χ0) is 17.2. The van der Waals surface area contributed by atoms with Crippen molar-refractivity contribution in [2.24, 2.45) is 5.92 Å². The number of amides is 1. The van der Waals surface area contributed by atoms with Crippen molar-refractivity contribution in [3.8, 4) is 5.75 Å². The van der Waals surface area contributed by atoms with Gasteiger partial charge in [-0.25, -0.2) is 0 Å². The number of hydrogen-bond acceptors (Lipinski definition) is 4. The molecule has 0 bridgehead atoms. The van der Waals surface area contributed by atoms with Crippen LogP contribution in [0.3, 0.4) is 0 Å². The topological polar surface area (TPSA) is 65.6 Å². The molecule has 1 amide bonds. The van der Waals surface area contributed by atoms with Crippen molar-refractivity contribution >= 4 is 5.91 Å². The fourth-order valence-corrected chi connectivity index (χ4v) is 3.10. The molecule has 0 saturated carbocycles. The third-order valence-electron chi connectivity index (χ3n) is 4.18. The van der Waals surface area contributed by atoms with E-state index in [9.17, 15) is 9.59 Å². The van der Waals surface area contributed by atoms with E-state index < -0.39 is 0 Å². The number of H-pyrrole nitrogens is 1. The van der Waals surface area contributed by atoms with Gasteiger partial charge in [-0.05, 0) is 33.7 Å². The number of rotatable bonds is 5. The van der Waals surface area contributed by atoms with E-state index in [1.807, 2.05) is 11.9 Å². The predicted octanol–water partition coefficient (Wildman–Crippen LogP) is 1.46. The molecule has 1 aliphatic heterocycles. The maximum Gasteiger partial charge on any atom is 0.223 e. The second kappa shape index (κ2) is 6.74. The number of hydrogen-bond donors (Lipinski definition) is 1. The Morgan fingerprint density at radius 1 is 1.39 bits per heavy atom. The Morgan fingerprint density at radius 2 is 2.09 bits per heavy atom. The lowest BCUT2D eigenvalue weighted by Crippen LogP contribution is -2.42. The second-order valence-electron chi connectivity index (χ2n) is 7.33. The van der Waals surface area contributed by atoms with Crippen LogP contribution in [0.5, 0.6) is 5.75 Å². The van der Waals surface area contributed by atoms with Gasteiger partial charge >= 0.3 is 0 Å². The molecule has 1 N–H and O–H groups in total. The molecule has 23 heavy (non-hydrogen) atoms. The highest BCUT2D eigenvalue weighted by atomic mass is 16.5. The van der Waals surface area contributed by atoms with E-state index in [2.05, 4.69) is 30.7 Å². The van der Waals surface area contributed by atoms with Gasteiger partial charge < -0.3 is 19.5 Å². The molecule has 2 rings (SSSR count). The lowest BCUT2D eigenvalue weighted by atomic mass is 10.1. The molecule has 0 spiro atoms. The molecule has 6 heteroatoms. The molecule has 1 aliphatic rings. The number of carbonyl (C=O) groups is 1. The first-order valence-electron chi connectivity index (χ1n) is 7.95. The van der Waals surface area contributed by atoms with E-state index in [0.29, 0.717) is 24.6 Å². The highest BCUT2D eigenvalue weighted by Crippen LogP contribution is 2.26. The number of carbonyl (C=O) groups excluding carboxylic acids is 1. The Bertz CT molecular complexity index is 618. The van der Waals surface area contributed by atoms with Gasteiger partial charge in [0.2, 0.25) is 11.3 Å². The van der Waals surface area contributed by atoms with E-state index in [1.165, 1.54) is 7.11 Å². The number of pyridine rings is 1. The molecule has 0 aromatic carbocycles. The molecule has 0 unspecified atom stereocenters. The number of aromatic amines is 1. The molecule has 1 saturated heterocycles. The SMILES string of the molecule is COc1c[nH]c(CN(C)C[C@H]2CC(=O)N(C(C)(C)C)C2)cc1=O. The number of nitrogens with one attached hydrogen (secondary N) is 1. The molecule has 128 valence electrons. The Labute approximate surface area is 137 Å². The summed E-state index contributed by atoms with van der Waals surface area (Å²) < 4.78 is 4.97. The fourth-order valence-electron chi connectivity index (χ4n) is 3.10. The molecule has 1 aromatic heterocycles. The van der Waals surface area contributed by atoms with Crippen LogP contribution in [-0.4, -0.2) is 53.5 Å². The summed E-state index contributed by atoms with van der Waals surface area (Å²) in [5.74, 6) is 0.879. The molecule has 1 atom stereocenters. The highest BCUT2D eigenvalue weighted by molar-refractivity contribution is 5.79. The number of ether oxygens (including phenoxy) is 1. The first-order chi connectivity index (χ1) is 10.7. The second-order valence-corrected chi connectivity index (χ2v) is 7.33. The van der Waals surface area contributed by atoms with E-state index in [4.69, 9.17) is 4.74 Å². The first-order valence-corrected chi connectivity index (χ1v) is 7.95. The summed E-state index contributed by atoms with van der Waals surface area (Å²) in [4.78, 5) is 31.1.